The van der Waals surface area contributed by atoms with Crippen molar-refractivity contribution in [3.63, 3.8) is 0 Å². The minimum absolute atomic E-state index is 0.116. The van der Waals surface area contributed by atoms with Gasteiger partial charge in [-0.1, -0.05) is 13.0 Å². The van der Waals surface area contributed by atoms with E-state index in [-0.39, 0.29) is 11.5 Å². The van der Waals surface area contributed by atoms with Gasteiger partial charge in [0.1, 0.15) is 11.4 Å². The number of hydrogen-bond acceptors (Lipinski definition) is 5. The van der Waals surface area contributed by atoms with E-state index >= 15 is 0 Å². The molecule has 1 amide bonds. The van der Waals surface area contributed by atoms with Gasteiger partial charge in [0.05, 0.1) is 7.11 Å². The molecule has 3 atom stereocenters. The average Bonchev–Trinajstić information content (AvgIpc) is 2.75. The molecule has 0 radical (unpaired) electrons. The lowest BCUT2D eigenvalue weighted by molar-refractivity contribution is -0.0103. The Labute approximate surface area is 200 Å². The number of rotatable bonds is 4. The minimum Gasteiger partial charge on any atom is -0.497 e. The zero-order valence-electron chi connectivity index (χ0n) is 21.7. The van der Waals surface area contributed by atoms with Crippen LogP contribution in [0, 0.1) is 5.92 Å². The fraction of sp³-hybridized carbons (Fsp3) is 0.741. The molecule has 184 valence electrons. The maximum absolute atomic E-state index is 12.4. The second kappa shape index (κ2) is 9.10. The van der Waals surface area contributed by atoms with E-state index in [1.807, 2.05) is 25.7 Å². The maximum Gasteiger partial charge on any atom is 0.410 e. The van der Waals surface area contributed by atoms with E-state index in [2.05, 4.69) is 49.0 Å². The molecule has 33 heavy (non-hydrogen) atoms. The van der Waals surface area contributed by atoms with Gasteiger partial charge in [-0.2, -0.15) is 0 Å². The molecule has 1 aromatic rings. The van der Waals surface area contributed by atoms with E-state index in [0.29, 0.717) is 18.0 Å². The number of methoxy groups -OCH3 is 1. The highest BCUT2D eigenvalue weighted by molar-refractivity contribution is 5.68. The van der Waals surface area contributed by atoms with Crippen LogP contribution in [0.1, 0.15) is 58.1 Å². The van der Waals surface area contributed by atoms with E-state index in [1.54, 1.807) is 7.11 Å². The molecule has 3 unspecified atom stereocenters. The number of piperidine rings is 2. The largest absolute Gasteiger partial charge is 0.497 e. The first-order chi connectivity index (χ1) is 15.5. The van der Waals surface area contributed by atoms with Gasteiger partial charge in [-0.05, 0) is 96.3 Å². The molecule has 0 N–H and O–H groups in total. The SMILES string of the molecule is COc1ccc2c(c1)C1(C)CCN(C)C(C2)C1N(C)CC1CCN(C(=O)OC(C)(C)C)CC1. The van der Waals surface area contributed by atoms with E-state index in [1.165, 1.54) is 11.1 Å². The lowest BCUT2D eigenvalue weighted by atomic mass is 9.61. The standard InChI is InChI=1S/C27H43N3O3/c1-26(2,3)33-25(31)30-13-10-19(11-14-30)18-29(6)24-23-16-20-8-9-21(32-7)17-22(20)27(24,4)12-15-28(23)5/h8-9,17,19,23-24H,10-16,18H2,1-7H3. The number of hydrogen-bond donors (Lipinski definition) is 0. The van der Waals surface area contributed by atoms with Crippen LogP contribution in [0.2, 0.25) is 0 Å². The predicted octanol–water partition coefficient (Wildman–Crippen LogP) is 4.16. The summed E-state index contributed by atoms with van der Waals surface area (Å²) in [7, 11) is 6.37. The summed E-state index contributed by atoms with van der Waals surface area (Å²) in [5.41, 5.74) is 2.63. The van der Waals surface area contributed by atoms with Gasteiger partial charge in [0, 0.05) is 37.1 Å². The molecule has 0 saturated carbocycles. The molecule has 2 bridgehead atoms. The highest BCUT2D eigenvalue weighted by atomic mass is 16.6. The van der Waals surface area contributed by atoms with Gasteiger partial charge in [-0.15, -0.1) is 0 Å². The summed E-state index contributed by atoms with van der Waals surface area (Å²) < 4.78 is 11.2. The highest BCUT2D eigenvalue weighted by Crippen LogP contribution is 2.47. The molecule has 0 aromatic heterocycles. The highest BCUT2D eigenvalue weighted by Gasteiger charge is 2.51. The monoisotopic (exact) mass is 457 g/mol. The van der Waals surface area contributed by atoms with Crippen molar-refractivity contribution in [1.29, 1.82) is 0 Å². The Morgan fingerprint density at radius 3 is 2.55 bits per heavy atom. The zero-order chi connectivity index (χ0) is 24.0. The Bertz CT molecular complexity index is 859. The van der Waals surface area contributed by atoms with E-state index in [9.17, 15) is 4.79 Å². The van der Waals surface area contributed by atoms with Crippen molar-refractivity contribution in [3.8, 4) is 5.75 Å². The Kier molecular flexibility index (Phi) is 6.71. The Hall–Kier alpha value is -1.79. The van der Waals surface area contributed by atoms with Gasteiger partial charge < -0.3 is 24.2 Å². The van der Waals surface area contributed by atoms with Crippen LogP contribution < -0.4 is 4.74 Å². The Morgan fingerprint density at radius 2 is 1.91 bits per heavy atom. The van der Waals surface area contributed by atoms with Crippen LogP contribution in [-0.2, 0) is 16.6 Å². The molecule has 6 nitrogen and oxygen atoms in total. The number of fused-ring (bicyclic) bond motifs is 4. The van der Waals surface area contributed by atoms with Gasteiger partial charge in [0.25, 0.3) is 0 Å². The first kappa shape index (κ1) is 24.3. The van der Waals surface area contributed by atoms with Gasteiger partial charge in [0.15, 0.2) is 0 Å². The van der Waals surface area contributed by atoms with Crippen LogP contribution in [0.15, 0.2) is 18.2 Å². The summed E-state index contributed by atoms with van der Waals surface area (Å²) >= 11 is 0. The maximum atomic E-state index is 12.4. The average molecular weight is 458 g/mol. The fourth-order valence-electron chi connectivity index (χ4n) is 6.49. The van der Waals surface area contributed by atoms with Gasteiger partial charge in [-0.25, -0.2) is 4.79 Å². The number of benzene rings is 1. The fourth-order valence-corrected chi connectivity index (χ4v) is 6.49. The molecule has 3 aliphatic rings. The first-order valence-electron chi connectivity index (χ1n) is 12.6. The first-order valence-corrected chi connectivity index (χ1v) is 12.6. The van der Waals surface area contributed by atoms with Gasteiger partial charge in [-0.3, -0.25) is 0 Å². The van der Waals surface area contributed by atoms with Crippen LogP contribution >= 0.6 is 0 Å². The second-order valence-corrected chi connectivity index (χ2v) is 11.7. The number of nitrogens with zero attached hydrogens (tertiary/aromatic N) is 3. The van der Waals surface area contributed by atoms with E-state index in [0.717, 1.165) is 57.6 Å². The Morgan fingerprint density at radius 1 is 1.21 bits per heavy atom. The molecule has 1 aliphatic carbocycles. The number of amides is 1. The van der Waals surface area contributed by atoms with Crippen LogP contribution in [0.25, 0.3) is 0 Å². The molecule has 0 spiro atoms. The molecular formula is C27H43N3O3. The quantitative estimate of drug-likeness (QED) is 0.679. The Balaban J connectivity index is 1.46. The number of carbonyl (C=O) groups excluding carboxylic acids is 1. The lowest BCUT2D eigenvalue weighted by Gasteiger charge is -2.58. The molecule has 6 heteroatoms. The van der Waals surface area contributed by atoms with Crippen LogP contribution in [-0.4, -0.2) is 85.9 Å². The summed E-state index contributed by atoms with van der Waals surface area (Å²) in [5, 5.41) is 0. The van der Waals surface area contributed by atoms with E-state index in [4.69, 9.17) is 9.47 Å². The van der Waals surface area contributed by atoms with Gasteiger partial charge in [0.2, 0.25) is 0 Å². The van der Waals surface area contributed by atoms with Crippen LogP contribution in [0.5, 0.6) is 5.75 Å². The third-order valence-corrected chi connectivity index (χ3v) is 8.22. The normalized spacial score (nSPS) is 28.5. The molecule has 2 saturated heterocycles. The van der Waals surface area contributed by atoms with Crippen molar-refractivity contribution in [3.05, 3.63) is 29.3 Å². The second-order valence-electron chi connectivity index (χ2n) is 11.7. The molecule has 2 heterocycles. The van der Waals surface area contributed by atoms with Gasteiger partial charge >= 0.3 is 6.09 Å². The minimum atomic E-state index is -0.437. The lowest BCUT2D eigenvalue weighted by Crippen LogP contribution is -2.66. The summed E-state index contributed by atoms with van der Waals surface area (Å²) in [5.74, 6) is 1.57. The van der Waals surface area contributed by atoms with Crippen LogP contribution in [0.4, 0.5) is 4.79 Å². The molecule has 2 fully saturated rings. The van der Waals surface area contributed by atoms with E-state index < -0.39 is 5.60 Å². The van der Waals surface area contributed by atoms with Crippen molar-refractivity contribution in [1.82, 2.24) is 14.7 Å². The summed E-state index contributed by atoms with van der Waals surface area (Å²) in [4.78, 5) is 19.5. The molecular weight excluding hydrogens is 414 g/mol. The topological polar surface area (TPSA) is 45.2 Å². The molecule has 4 rings (SSSR count). The van der Waals surface area contributed by atoms with Crippen LogP contribution in [0.3, 0.4) is 0 Å². The zero-order valence-corrected chi connectivity index (χ0v) is 21.7. The van der Waals surface area contributed by atoms with Crippen molar-refractivity contribution >= 4 is 6.09 Å². The number of likely N-dealkylation sites (N-methyl/N-ethyl adjacent to an activating group) is 2. The predicted molar refractivity (Wildman–Crippen MR) is 132 cm³/mol. The van der Waals surface area contributed by atoms with Crippen molar-refractivity contribution < 1.29 is 14.3 Å². The third-order valence-electron chi connectivity index (χ3n) is 8.22. The third kappa shape index (κ3) is 4.88. The summed E-state index contributed by atoms with van der Waals surface area (Å²) in [6, 6.07) is 7.68. The molecule has 2 aliphatic heterocycles. The number of carbonyl (C=O) groups is 1. The van der Waals surface area contributed by atoms with Crippen molar-refractivity contribution in [2.75, 3.05) is 47.4 Å². The summed E-state index contributed by atoms with van der Waals surface area (Å²) in [6.07, 6.45) is 4.16. The van der Waals surface area contributed by atoms with Crippen molar-refractivity contribution in [2.45, 2.75) is 76.5 Å². The smallest absolute Gasteiger partial charge is 0.410 e. The van der Waals surface area contributed by atoms with Crippen molar-refractivity contribution in [2.24, 2.45) is 5.92 Å². The summed E-state index contributed by atoms with van der Waals surface area (Å²) in [6.45, 7) is 12.0. The number of likely N-dealkylation sites (tertiary alicyclic amines) is 2. The molecule has 1 aromatic carbocycles. The number of ether oxygens (including phenoxy) is 2.